The van der Waals surface area contributed by atoms with Crippen molar-refractivity contribution < 1.29 is 23.0 Å². The van der Waals surface area contributed by atoms with E-state index in [2.05, 4.69) is 10.1 Å². The molecule has 1 saturated heterocycles. The zero-order chi connectivity index (χ0) is 11.7. The Hall–Kier alpha value is -1.85. The van der Waals surface area contributed by atoms with E-state index >= 15 is 0 Å². The van der Waals surface area contributed by atoms with E-state index in [0.717, 1.165) is 12.1 Å². The third kappa shape index (κ3) is 1.78. The summed E-state index contributed by atoms with van der Waals surface area (Å²) in [5.74, 6) is -1.45. The molecule has 2 rings (SSSR count). The van der Waals surface area contributed by atoms with Gasteiger partial charge in [-0.05, 0) is 0 Å². The van der Waals surface area contributed by atoms with Crippen molar-refractivity contribution in [2.45, 2.75) is 6.04 Å². The van der Waals surface area contributed by atoms with Crippen LogP contribution in [0.2, 0.25) is 0 Å². The summed E-state index contributed by atoms with van der Waals surface area (Å²) in [5.41, 5.74) is 0.0924. The standard InChI is InChI=1S/C10H9F2NO3/c1-15-8-3-5(11)2-6(12)9(8)7-4-16-10(14)13-7/h2-3,7H,4H2,1H3,(H,13,14). The Morgan fingerprint density at radius 2 is 2.25 bits per heavy atom. The number of methoxy groups -OCH3 is 1. The fraction of sp³-hybridized carbons (Fsp3) is 0.300. The monoisotopic (exact) mass is 229 g/mol. The van der Waals surface area contributed by atoms with Gasteiger partial charge in [0.25, 0.3) is 0 Å². The van der Waals surface area contributed by atoms with E-state index in [4.69, 9.17) is 4.74 Å². The summed E-state index contributed by atoms with van der Waals surface area (Å²) < 4.78 is 36.0. The van der Waals surface area contributed by atoms with Gasteiger partial charge < -0.3 is 14.8 Å². The third-order valence-electron chi connectivity index (χ3n) is 2.30. The number of cyclic esters (lactones) is 1. The lowest BCUT2D eigenvalue weighted by Crippen LogP contribution is -2.20. The molecule has 1 N–H and O–H groups in total. The van der Waals surface area contributed by atoms with Crippen LogP contribution in [0.1, 0.15) is 11.6 Å². The SMILES string of the molecule is COc1cc(F)cc(F)c1C1COC(=O)N1. The number of hydrogen-bond acceptors (Lipinski definition) is 3. The lowest BCUT2D eigenvalue weighted by atomic mass is 10.1. The van der Waals surface area contributed by atoms with Crippen molar-refractivity contribution >= 4 is 6.09 Å². The van der Waals surface area contributed by atoms with Crippen LogP contribution in [0.15, 0.2) is 12.1 Å². The van der Waals surface area contributed by atoms with E-state index in [-0.39, 0.29) is 17.9 Å². The predicted molar refractivity (Wildman–Crippen MR) is 50.1 cm³/mol. The summed E-state index contributed by atoms with van der Waals surface area (Å²) in [6.07, 6.45) is -0.629. The van der Waals surface area contributed by atoms with Gasteiger partial charge in [0.1, 0.15) is 24.0 Å². The molecule has 6 heteroatoms. The summed E-state index contributed by atoms with van der Waals surface area (Å²) in [6, 6.07) is 1.15. The highest BCUT2D eigenvalue weighted by molar-refractivity contribution is 5.70. The fourth-order valence-electron chi connectivity index (χ4n) is 1.61. The highest BCUT2D eigenvalue weighted by Crippen LogP contribution is 2.31. The van der Waals surface area contributed by atoms with Crippen molar-refractivity contribution in [2.24, 2.45) is 0 Å². The Balaban J connectivity index is 2.42. The number of alkyl carbamates (subject to hydrolysis) is 1. The van der Waals surface area contributed by atoms with Gasteiger partial charge >= 0.3 is 6.09 Å². The Morgan fingerprint density at radius 3 is 2.81 bits per heavy atom. The molecule has 1 unspecified atom stereocenters. The van der Waals surface area contributed by atoms with E-state index in [1.807, 2.05) is 0 Å². The number of nitrogens with one attached hydrogen (secondary N) is 1. The van der Waals surface area contributed by atoms with Gasteiger partial charge in [-0.15, -0.1) is 0 Å². The van der Waals surface area contributed by atoms with Crippen LogP contribution < -0.4 is 10.1 Å². The molecule has 0 bridgehead atoms. The average molecular weight is 229 g/mol. The van der Waals surface area contributed by atoms with E-state index in [0.29, 0.717) is 0 Å². The minimum atomic E-state index is -0.771. The van der Waals surface area contributed by atoms with Crippen LogP contribution in [0.5, 0.6) is 5.75 Å². The van der Waals surface area contributed by atoms with Crippen LogP contribution in [0.3, 0.4) is 0 Å². The molecular formula is C10H9F2NO3. The molecule has 1 aliphatic heterocycles. The van der Waals surface area contributed by atoms with Crippen LogP contribution in [0.4, 0.5) is 13.6 Å². The van der Waals surface area contributed by atoms with E-state index in [9.17, 15) is 13.6 Å². The summed E-state index contributed by atoms with van der Waals surface area (Å²) >= 11 is 0. The van der Waals surface area contributed by atoms with E-state index < -0.39 is 23.8 Å². The molecule has 0 spiro atoms. The van der Waals surface area contributed by atoms with Crippen molar-refractivity contribution in [3.05, 3.63) is 29.3 Å². The summed E-state index contributed by atoms with van der Waals surface area (Å²) in [6.45, 7) is -0.00224. The van der Waals surface area contributed by atoms with Gasteiger partial charge in [-0.3, -0.25) is 0 Å². The van der Waals surface area contributed by atoms with Gasteiger partial charge in [0.15, 0.2) is 0 Å². The maximum absolute atomic E-state index is 13.6. The van der Waals surface area contributed by atoms with Crippen LogP contribution in [0.25, 0.3) is 0 Å². The van der Waals surface area contributed by atoms with Crippen LogP contribution in [0, 0.1) is 11.6 Å². The van der Waals surface area contributed by atoms with Gasteiger partial charge in [0.2, 0.25) is 0 Å². The molecule has 16 heavy (non-hydrogen) atoms. The molecular weight excluding hydrogens is 220 g/mol. The highest BCUT2D eigenvalue weighted by atomic mass is 19.1. The van der Waals surface area contributed by atoms with Crippen molar-refractivity contribution in [2.75, 3.05) is 13.7 Å². The number of rotatable bonds is 2. The van der Waals surface area contributed by atoms with Crippen molar-refractivity contribution in [3.8, 4) is 5.75 Å². The molecule has 1 atom stereocenters. The van der Waals surface area contributed by atoms with Gasteiger partial charge in [-0.25, -0.2) is 13.6 Å². The van der Waals surface area contributed by atoms with Crippen LogP contribution in [-0.4, -0.2) is 19.8 Å². The maximum atomic E-state index is 13.6. The smallest absolute Gasteiger partial charge is 0.407 e. The van der Waals surface area contributed by atoms with Gasteiger partial charge in [-0.1, -0.05) is 0 Å². The Morgan fingerprint density at radius 1 is 1.50 bits per heavy atom. The molecule has 1 heterocycles. The molecule has 1 aromatic carbocycles. The number of carbonyl (C=O) groups is 1. The highest BCUT2D eigenvalue weighted by Gasteiger charge is 2.29. The lowest BCUT2D eigenvalue weighted by Gasteiger charge is -2.13. The Bertz CT molecular complexity index is 436. The molecule has 1 aromatic rings. The van der Waals surface area contributed by atoms with Gasteiger partial charge in [0, 0.05) is 12.1 Å². The zero-order valence-corrected chi connectivity index (χ0v) is 8.42. The zero-order valence-electron chi connectivity index (χ0n) is 8.42. The lowest BCUT2D eigenvalue weighted by molar-refractivity contribution is 0.176. The second-order valence-electron chi connectivity index (χ2n) is 3.30. The second-order valence-corrected chi connectivity index (χ2v) is 3.30. The minimum absolute atomic E-state index is 0.00224. The van der Waals surface area contributed by atoms with Crippen molar-refractivity contribution in [3.63, 3.8) is 0 Å². The molecule has 4 nitrogen and oxygen atoms in total. The normalized spacial score (nSPS) is 19.2. The summed E-state index contributed by atoms with van der Waals surface area (Å²) in [7, 11) is 1.30. The van der Waals surface area contributed by atoms with Gasteiger partial charge in [0.05, 0.1) is 18.7 Å². The quantitative estimate of drug-likeness (QED) is 0.840. The Kier molecular flexibility index (Phi) is 2.64. The molecule has 0 aliphatic carbocycles. The third-order valence-corrected chi connectivity index (χ3v) is 2.30. The molecule has 1 aliphatic rings. The molecule has 0 radical (unpaired) electrons. The first-order chi connectivity index (χ1) is 7.61. The fourth-order valence-corrected chi connectivity index (χ4v) is 1.61. The van der Waals surface area contributed by atoms with Crippen LogP contribution >= 0.6 is 0 Å². The van der Waals surface area contributed by atoms with E-state index in [1.54, 1.807) is 0 Å². The number of hydrogen-bond donors (Lipinski definition) is 1. The number of benzene rings is 1. The molecule has 86 valence electrons. The average Bonchev–Trinajstić information content (AvgIpc) is 2.63. The Labute approximate surface area is 90.2 Å². The van der Waals surface area contributed by atoms with Gasteiger partial charge in [-0.2, -0.15) is 0 Å². The van der Waals surface area contributed by atoms with Crippen LogP contribution in [-0.2, 0) is 4.74 Å². The number of ether oxygens (including phenoxy) is 2. The molecule has 0 aromatic heterocycles. The summed E-state index contributed by atoms with van der Waals surface area (Å²) in [5, 5.41) is 2.40. The first kappa shape index (κ1) is 10.7. The first-order valence-corrected chi connectivity index (χ1v) is 4.58. The van der Waals surface area contributed by atoms with Crippen molar-refractivity contribution in [1.82, 2.24) is 5.32 Å². The number of halogens is 2. The topological polar surface area (TPSA) is 47.6 Å². The second kappa shape index (κ2) is 3.96. The maximum Gasteiger partial charge on any atom is 0.407 e. The molecule has 1 amide bonds. The first-order valence-electron chi connectivity index (χ1n) is 4.58. The number of carbonyl (C=O) groups excluding carboxylic acids is 1. The van der Waals surface area contributed by atoms with E-state index in [1.165, 1.54) is 7.11 Å². The predicted octanol–water partition coefficient (Wildman–Crippen LogP) is 1.75. The molecule has 1 fully saturated rings. The largest absolute Gasteiger partial charge is 0.496 e. The number of amides is 1. The minimum Gasteiger partial charge on any atom is -0.496 e. The van der Waals surface area contributed by atoms with Crippen molar-refractivity contribution in [1.29, 1.82) is 0 Å². The molecule has 0 saturated carbocycles. The summed E-state index contributed by atoms with van der Waals surface area (Å²) in [4.78, 5) is 10.8.